The Morgan fingerprint density at radius 1 is 1.33 bits per heavy atom. The van der Waals surface area contributed by atoms with Gasteiger partial charge in [0.2, 0.25) is 0 Å². The molecule has 1 aromatic rings. The minimum atomic E-state index is -0.401. The van der Waals surface area contributed by atoms with Gasteiger partial charge in [-0.2, -0.15) is 0 Å². The van der Waals surface area contributed by atoms with E-state index in [2.05, 4.69) is 24.1 Å². The Labute approximate surface area is 127 Å². The number of ether oxygens (including phenoxy) is 1. The molecule has 21 heavy (non-hydrogen) atoms. The first kappa shape index (κ1) is 17.3. The molecular weight excluding hydrogens is 266 g/mol. The van der Waals surface area contributed by atoms with Crippen molar-refractivity contribution in [1.29, 1.82) is 0 Å². The fraction of sp³-hybridized carbons (Fsp3) is 0.562. The molecule has 0 saturated heterocycles. The topological polar surface area (TPSA) is 67.6 Å². The molecule has 0 aliphatic heterocycles. The van der Waals surface area contributed by atoms with Crippen LogP contribution in [0, 0.1) is 6.92 Å². The van der Waals surface area contributed by atoms with Crippen LogP contribution in [0.5, 0.6) is 0 Å². The van der Waals surface area contributed by atoms with Crippen molar-refractivity contribution < 1.29 is 9.53 Å². The van der Waals surface area contributed by atoms with E-state index >= 15 is 0 Å². The quantitative estimate of drug-likeness (QED) is 0.438. The standard InChI is InChI=1S/C16H27N3O2/c1-5-19(6-2)9-7-8-18-13-10-12(3)15(17)14(11-13)16(20)21-4/h10-11,18H,5-9,17H2,1-4H3. The molecule has 0 saturated carbocycles. The molecule has 0 amide bonds. The highest BCUT2D eigenvalue weighted by Gasteiger charge is 2.13. The second kappa shape index (κ2) is 8.52. The van der Waals surface area contributed by atoms with Gasteiger partial charge in [0.05, 0.1) is 12.7 Å². The van der Waals surface area contributed by atoms with Gasteiger partial charge < -0.3 is 20.7 Å². The lowest BCUT2D eigenvalue weighted by molar-refractivity contribution is 0.0602. The van der Waals surface area contributed by atoms with Crippen molar-refractivity contribution in [2.45, 2.75) is 27.2 Å². The summed E-state index contributed by atoms with van der Waals surface area (Å²) in [6, 6.07) is 3.71. The average molecular weight is 293 g/mol. The van der Waals surface area contributed by atoms with Crippen LogP contribution in [0.3, 0.4) is 0 Å². The van der Waals surface area contributed by atoms with Crippen LogP contribution in [-0.2, 0) is 4.74 Å². The van der Waals surface area contributed by atoms with E-state index in [9.17, 15) is 4.79 Å². The summed E-state index contributed by atoms with van der Waals surface area (Å²) < 4.78 is 4.76. The van der Waals surface area contributed by atoms with E-state index in [1.165, 1.54) is 7.11 Å². The summed E-state index contributed by atoms with van der Waals surface area (Å²) in [7, 11) is 1.36. The molecule has 0 bridgehead atoms. The average Bonchev–Trinajstić information content (AvgIpc) is 2.49. The molecule has 0 spiro atoms. The summed E-state index contributed by atoms with van der Waals surface area (Å²) in [5, 5.41) is 3.35. The van der Waals surface area contributed by atoms with Crippen LogP contribution >= 0.6 is 0 Å². The minimum Gasteiger partial charge on any atom is -0.465 e. The van der Waals surface area contributed by atoms with E-state index < -0.39 is 5.97 Å². The smallest absolute Gasteiger partial charge is 0.340 e. The van der Waals surface area contributed by atoms with Crippen molar-refractivity contribution in [3.05, 3.63) is 23.3 Å². The molecule has 1 rings (SSSR count). The number of nitrogens with two attached hydrogens (primary N) is 1. The first-order valence-electron chi connectivity index (χ1n) is 7.48. The maximum absolute atomic E-state index is 11.7. The number of aryl methyl sites for hydroxylation is 1. The maximum atomic E-state index is 11.7. The second-order valence-corrected chi connectivity index (χ2v) is 5.05. The third kappa shape index (κ3) is 4.93. The monoisotopic (exact) mass is 293 g/mol. The molecule has 5 heteroatoms. The van der Waals surface area contributed by atoms with Crippen molar-refractivity contribution in [2.24, 2.45) is 0 Å². The Morgan fingerprint density at radius 2 is 2.00 bits per heavy atom. The predicted molar refractivity (Wildman–Crippen MR) is 87.8 cm³/mol. The van der Waals surface area contributed by atoms with Crippen LogP contribution < -0.4 is 11.1 Å². The Bertz CT molecular complexity index is 471. The number of esters is 1. The van der Waals surface area contributed by atoms with Crippen LogP contribution in [0.1, 0.15) is 36.2 Å². The van der Waals surface area contributed by atoms with Crippen molar-refractivity contribution in [3.63, 3.8) is 0 Å². The highest BCUT2D eigenvalue weighted by Crippen LogP contribution is 2.23. The summed E-state index contributed by atoms with van der Waals surface area (Å²) >= 11 is 0. The lowest BCUT2D eigenvalue weighted by atomic mass is 10.1. The molecule has 0 aromatic heterocycles. The largest absolute Gasteiger partial charge is 0.465 e. The molecule has 1 aromatic carbocycles. The molecule has 5 nitrogen and oxygen atoms in total. The van der Waals surface area contributed by atoms with Gasteiger partial charge in [-0.3, -0.25) is 0 Å². The van der Waals surface area contributed by atoms with Gasteiger partial charge in [-0.05, 0) is 50.7 Å². The zero-order chi connectivity index (χ0) is 15.8. The number of hydrogen-bond donors (Lipinski definition) is 2. The van der Waals surface area contributed by atoms with Crippen molar-refractivity contribution >= 4 is 17.3 Å². The Balaban J connectivity index is 2.64. The van der Waals surface area contributed by atoms with Crippen molar-refractivity contribution in [2.75, 3.05) is 44.3 Å². The van der Waals surface area contributed by atoms with Crippen LogP contribution in [0.2, 0.25) is 0 Å². The predicted octanol–water partition coefficient (Wildman–Crippen LogP) is 2.51. The normalized spacial score (nSPS) is 10.7. The number of nitrogen functional groups attached to an aromatic ring is 1. The molecule has 0 unspecified atom stereocenters. The van der Waals surface area contributed by atoms with E-state index in [0.717, 1.165) is 43.9 Å². The molecule has 0 heterocycles. The molecule has 118 valence electrons. The number of carbonyl (C=O) groups is 1. The van der Waals surface area contributed by atoms with Crippen LogP contribution in [0.15, 0.2) is 12.1 Å². The molecule has 0 atom stereocenters. The van der Waals surface area contributed by atoms with Gasteiger partial charge in [-0.25, -0.2) is 4.79 Å². The van der Waals surface area contributed by atoms with E-state index in [4.69, 9.17) is 10.5 Å². The van der Waals surface area contributed by atoms with Crippen molar-refractivity contribution in [3.8, 4) is 0 Å². The van der Waals surface area contributed by atoms with Gasteiger partial charge in [0.1, 0.15) is 0 Å². The molecule has 0 fully saturated rings. The van der Waals surface area contributed by atoms with Crippen molar-refractivity contribution in [1.82, 2.24) is 4.90 Å². The molecule has 0 radical (unpaired) electrons. The summed E-state index contributed by atoms with van der Waals surface area (Å²) in [6.45, 7) is 10.3. The highest BCUT2D eigenvalue weighted by molar-refractivity contribution is 5.97. The Morgan fingerprint density at radius 3 is 2.57 bits per heavy atom. The first-order chi connectivity index (χ1) is 10.0. The first-order valence-corrected chi connectivity index (χ1v) is 7.48. The Kier molecular flexibility index (Phi) is 7.02. The van der Waals surface area contributed by atoms with Gasteiger partial charge in [0.25, 0.3) is 0 Å². The molecule has 3 N–H and O–H groups in total. The number of anilines is 2. The number of benzene rings is 1. The maximum Gasteiger partial charge on any atom is 0.340 e. The van der Waals surface area contributed by atoms with Gasteiger partial charge in [-0.15, -0.1) is 0 Å². The number of nitrogens with one attached hydrogen (secondary N) is 1. The zero-order valence-corrected chi connectivity index (χ0v) is 13.5. The lowest BCUT2D eigenvalue weighted by Crippen LogP contribution is -2.25. The fourth-order valence-electron chi connectivity index (χ4n) is 2.25. The summed E-state index contributed by atoms with van der Waals surface area (Å²) in [4.78, 5) is 14.1. The van der Waals surface area contributed by atoms with E-state index in [1.807, 2.05) is 13.0 Å². The highest BCUT2D eigenvalue weighted by atomic mass is 16.5. The van der Waals surface area contributed by atoms with Crippen LogP contribution in [-0.4, -0.2) is 44.2 Å². The number of hydrogen-bond acceptors (Lipinski definition) is 5. The zero-order valence-electron chi connectivity index (χ0n) is 13.5. The SMILES string of the molecule is CCN(CC)CCCNc1cc(C)c(N)c(C(=O)OC)c1. The van der Waals surface area contributed by atoms with E-state index in [1.54, 1.807) is 6.07 Å². The van der Waals surface area contributed by atoms with Crippen LogP contribution in [0.25, 0.3) is 0 Å². The number of rotatable bonds is 8. The van der Waals surface area contributed by atoms with Gasteiger partial charge in [-0.1, -0.05) is 13.8 Å². The third-order valence-corrected chi connectivity index (χ3v) is 3.67. The van der Waals surface area contributed by atoms with Crippen LogP contribution in [0.4, 0.5) is 11.4 Å². The van der Waals surface area contributed by atoms with E-state index in [-0.39, 0.29) is 0 Å². The fourth-order valence-corrected chi connectivity index (χ4v) is 2.25. The van der Waals surface area contributed by atoms with Gasteiger partial charge in [0, 0.05) is 17.9 Å². The molecule has 0 aliphatic rings. The second-order valence-electron chi connectivity index (χ2n) is 5.05. The molecular formula is C16H27N3O2. The number of carbonyl (C=O) groups excluding carboxylic acids is 1. The lowest BCUT2D eigenvalue weighted by Gasteiger charge is -2.18. The Hall–Kier alpha value is -1.75. The van der Waals surface area contributed by atoms with Gasteiger partial charge >= 0.3 is 5.97 Å². The number of nitrogens with zero attached hydrogens (tertiary/aromatic N) is 1. The summed E-state index contributed by atoms with van der Waals surface area (Å²) in [6.07, 6.45) is 1.05. The number of methoxy groups -OCH3 is 1. The summed E-state index contributed by atoms with van der Waals surface area (Å²) in [5.41, 5.74) is 8.61. The minimum absolute atomic E-state index is 0.401. The van der Waals surface area contributed by atoms with Gasteiger partial charge in [0.15, 0.2) is 0 Å². The molecule has 0 aliphatic carbocycles. The third-order valence-electron chi connectivity index (χ3n) is 3.67. The summed E-state index contributed by atoms with van der Waals surface area (Å²) in [5.74, 6) is -0.401. The van der Waals surface area contributed by atoms with E-state index in [0.29, 0.717) is 11.3 Å².